The fourth-order valence-corrected chi connectivity index (χ4v) is 10.6. The SMILES string of the molecule is N#CC1=CC=CC(N(c2ccccc2)c2ccc3c4cc5c(cc4n4c6ccccc6c2c34)c2ccc(N(c3ccccc3)c3cccc(C#N)c3)c3c4ccccc4n5c23)C1. The maximum Gasteiger partial charge on any atom is 0.0992 e. The minimum absolute atomic E-state index is 0.0286. The van der Waals surface area contributed by atoms with E-state index < -0.39 is 0 Å². The Morgan fingerprint density at radius 1 is 0.468 bits per heavy atom. The number of aromatic nitrogens is 2. The number of hydrogen-bond donors (Lipinski definition) is 0. The standard InChI is InChI=1S/C56H34N6/c57-33-35-13-11-19-39(29-35)59(37-15-3-1-4-16-37)49-27-25-41-45-31-52-46(32-51(45)61-47-23-9-7-21-43(47)53(49)55(41)61)42-26-28-50(54-44-22-8-10-24-48(44)62(52)56(42)54)60(38-17-5-2-6-18-38)40-20-12-14-36(30-40)34-58/h1-29,31-32,40H,30H2. The molecule has 0 spiro atoms. The third-order valence-electron chi connectivity index (χ3n) is 13.1. The zero-order valence-corrected chi connectivity index (χ0v) is 33.4. The summed E-state index contributed by atoms with van der Waals surface area (Å²) in [7, 11) is 0. The summed E-state index contributed by atoms with van der Waals surface area (Å²) in [5.41, 5.74) is 13.7. The van der Waals surface area contributed by atoms with Gasteiger partial charge in [-0.1, -0.05) is 103 Å². The van der Waals surface area contributed by atoms with E-state index in [1.54, 1.807) is 0 Å². The molecule has 288 valence electrons. The van der Waals surface area contributed by atoms with Gasteiger partial charge < -0.3 is 18.6 Å². The fourth-order valence-electron chi connectivity index (χ4n) is 10.6. The normalized spacial score (nSPS) is 14.2. The van der Waals surface area contributed by atoms with Gasteiger partial charge in [-0.15, -0.1) is 0 Å². The monoisotopic (exact) mass is 790 g/mol. The Morgan fingerprint density at radius 3 is 1.66 bits per heavy atom. The van der Waals surface area contributed by atoms with Gasteiger partial charge in [-0.05, 0) is 84.9 Å². The van der Waals surface area contributed by atoms with Crippen molar-refractivity contribution in [2.75, 3.05) is 9.80 Å². The van der Waals surface area contributed by atoms with Gasteiger partial charge in [0.15, 0.2) is 0 Å². The summed E-state index contributed by atoms with van der Waals surface area (Å²) >= 11 is 0. The van der Waals surface area contributed by atoms with Gasteiger partial charge in [-0.25, -0.2) is 0 Å². The Hall–Kier alpha value is -8.58. The fraction of sp³-hybridized carbons (Fsp3) is 0.0357. The molecule has 0 aliphatic heterocycles. The predicted octanol–water partition coefficient (Wildman–Crippen LogP) is 14.2. The molecule has 0 fully saturated rings. The summed E-state index contributed by atoms with van der Waals surface area (Å²) in [6.45, 7) is 0. The molecule has 1 aliphatic rings. The molecule has 1 aliphatic carbocycles. The van der Waals surface area contributed by atoms with Crippen LogP contribution in [0.2, 0.25) is 0 Å². The molecule has 12 aromatic rings. The summed E-state index contributed by atoms with van der Waals surface area (Å²) in [4.78, 5) is 4.71. The highest BCUT2D eigenvalue weighted by atomic mass is 15.2. The Balaban J connectivity index is 1.11. The molecular weight excluding hydrogens is 757 g/mol. The molecule has 0 radical (unpaired) electrons. The first kappa shape index (κ1) is 34.3. The van der Waals surface area contributed by atoms with Crippen molar-refractivity contribution in [1.29, 1.82) is 10.5 Å². The van der Waals surface area contributed by atoms with Crippen LogP contribution in [0.5, 0.6) is 0 Å². The molecule has 0 amide bonds. The number of fused-ring (bicyclic) bond motifs is 12. The van der Waals surface area contributed by atoms with Gasteiger partial charge in [-0.2, -0.15) is 10.5 Å². The Morgan fingerprint density at radius 2 is 1.03 bits per heavy atom. The van der Waals surface area contributed by atoms with E-state index in [0.717, 1.165) is 39.5 Å². The lowest BCUT2D eigenvalue weighted by molar-refractivity contribution is 0.771. The summed E-state index contributed by atoms with van der Waals surface area (Å²) in [6, 6.07) is 65.2. The van der Waals surface area contributed by atoms with E-state index in [4.69, 9.17) is 0 Å². The second kappa shape index (κ2) is 13.0. The zero-order chi connectivity index (χ0) is 41.1. The molecule has 13 rings (SSSR count). The molecular formula is C56H34N6. The predicted molar refractivity (Wildman–Crippen MR) is 255 cm³/mol. The number of nitriles is 2. The molecule has 4 aromatic heterocycles. The Bertz CT molecular complexity index is 3930. The van der Waals surface area contributed by atoms with Crippen LogP contribution in [0, 0.1) is 22.7 Å². The third kappa shape index (κ3) is 4.66. The van der Waals surface area contributed by atoms with Crippen LogP contribution in [0.15, 0.2) is 194 Å². The molecule has 0 saturated carbocycles. The summed E-state index contributed by atoms with van der Waals surface area (Å²) in [5, 5.41) is 29.5. The van der Waals surface area contributed by atoms with Gasteiger partial charge in [0.1, 0.15) is 0 Å². The lowest BCUT2D eigenvalue weighted by Gasteiger charge is -2.34. The van der Waals surface area contributed by atoms with Crippen molar-refractivity contribution >= 4 is 105 Å². The topological polar surface area (TPSA) is 62.9 Å². The van der Waals surface area contributed by atoms with Gasteiger partial charge in [0.25, 0.3) is 0 Å². The van der Waals surface area contributed by atoms with Crippen molar-refractivity contribution in [3.05, 3.63) is 199 Å². The Labute approximate surface area is 356 Å². The number of benzene rings is 8. The average molecular weight is 791 g/mol. The molecule has 0 saturated heterocycles. The quantitative estimate of drug-likeness (QED) is 0.168. The molecule has 1 unspecified atom stereocenters. The lowest BCUT2D eigenvalue weighted by Crippen LogP contribution is -2.31. The second-order valence-electron chi connectivity index (χ2n) is 16.3. The molecule has 4 heterocycles. The highest BCUT2D eigenvalue weighted by molar-refractivity contribution is 6.32. The van der Waals surface area contributed by atoms with E-state index in [9.17, 15) is 10.5 Å². The molecule has 0 N–H and O–H groups in total. The minimum Gasteiger partial charge on any atom is -0.334 e. The zero-order valence-electron chi connectivity index (χ0n) is 33.4. The van der Waals surface area contributed by atoms with Gasteiger partial charge >= 0.3 is 0 Å². The minimum atomic E-state index is -0.0286. The van der Waals surface area contributed by atoms with Crippen LogP contribution in [0.25, 0.3) is 76.2 Å². The molecule has 1 atom stereocenters. The van der Waals surface area contributed by atoms with E-state index in [-0.39, 0.29) is 6.04 Å². The highest BCUT2D eigenvalue weighted by Crippen LogP contribution is 2.50. The van der Waals surface area contributed by atoms with Crippen LogP contribution in [-0.2, 0) is 0 Å². The first-order chi connectivity index (χ1) is 30.7. The van der Waals surface area contributed by atoms with E-state index >= 15 is 0 Å². The maximum atomic E-state index is 9.98. The van der Waals surface area contributed by atoms with E-state index in [0.29, 0.717) is 12.0 Å². The summed E-state index contributed by atoms with van der Waals surface area (Å²) in [5.74, 6) is 0. The van der Waals surface area contributed by atoms with Crippen LogP contribution in [0.4, 0.5) is 28.4 Å². The average Bonchev–Trinajstić information content (AvgIpc) is 4.06. The summed E-state index contributed by atoms with van der Waals surface area (Å²) < 4.78 is 4.95. The number of nitrogens with zero attached hydrogens (tertiary/aromatic N) is 6. The van der Waals surface area contributed by atoms with E-state index in [2.05, 4.69) is 182 Å². The van der Waals surface area contributed by atoms with Crippen molar-refractivity contribution < 1.29 is 0 Å². The molecule has 62 heavy (non-hydrogen) atoms. The largest absolute Gasteiger partial charge is 0.334 e. The van der Waals surface area contributed by atoms with Crippen LogP contribution < -0.4 is 9.80 Å². The van der Waals surface area contributed by atoms with Crippen LogP contribution in [-0.4, -0.2) is 14.8 Å². The van der Waals surface area contributed by atoms with E-state index in [1.165, 1.54) is 70.7 Å². The van der Waals surface area contributed by atoms with Crippen LogP contribution >= 0.6 is 0 Å². The highest BCUT2D eigenvalue weighted by Gasteiger charge is 2.29. The number of para-hydroxylation sites is 4. The number of anilines is 5. The molecule has 0 bridgehead atoms. The number of rotatable bonds is 6. The molecule has 6 heteroatoms. The number of hydrogen-bond acceptors (Lipinski definition) is 4. The van der Waals surface area contributed by atoms with Crippen molar-refractivity contribution in [3.63, 3.8) is 0 Å². The van der Waals surface area contributed by atoms with Crippen LogP contribution in [0.3, 0.4) is 0 Å². The smallest absolute Gasteiger partial charge is 0.0992 e. The van der Waals surface area contributed by atoms with Crippen molar-refractivity contribution in [3.8, 4) is 12.1 Å². The van der Waals surface area contributed by atoms with Gasteiger partial charge in [0.05, 0.1) is 68.2 Å². The summed E-state index contributed by atoms with van der Waals surface area (Å²) in [6.07, 6.45) is 6.82. The number of allylic oxidation sites excluding steroid dienone is 2. The van der Waals surface area contributed by atoms with Crippen molar-refractivity contribution in [2.45, 2.75) is 12.5 Å². The maximum absolute atomic E-state index is 9.98. The van der Waals surface area contributed by atoms with Crippen LogP contribution in [0.1, 0.15) is 12.0 Å². The van der Waals surface area contributed by atoms with Gasteiger partial charge in [0, 0.05) is 72.1 Å². The first-order valence-corrected chi connectivity index (χ1v) is 21.0. The lowest BCUT2D eigenvalue weighted by atomic mass is 9.97. The van der Waals surface area contributed by atoms with Gasteiger partial charge in [0.2, 0.25) is 0 Å². The molecule has 8 aromatic carbocycles. The van der Waals surface area contributed by atoms with Gasteiger partial charge in [-0.3, -0.25) is 0 Å². The second-order valence-corrected chi connectivity index (χ2v) is 16.3. The van der Waals surface area contributed by atoms with Crippen molar-refractivity contribution in [2.24, 2.45) is 0 Å². The molecule has 6 nitrogen and oxygen atoms in total. The first-order valence-electron chi connectivity index (χ1n) is 21.0. The van der Waals surface area contributed by atoms with Crippen molar-refractivity contribution in [1.82, 2.24) is 8.80 Å². The Kier molecular flexibility index (Phi) is 7.17. The third-order valence-corrected chi connectivity index (χ3v) is 13.1. The van der Waals surface area contributed by atoms with E-state index in [1.807, 2.05) is 36.4 Å².